The van der Waals surface area contributed by atoms with Crippen LogP contribution in [0.1, 0.15) is 36.2 Å². The second-order valence-electron chi connectivity index (χ2n) is 6.40. The number of nitrogens with zero attached hydrogens (tertiary/aromatic N) is 4. The van der Waals surface area contributed by atoms with E-state index < -0.39 is 0 Å². The molecule has 3 aromatic rings. The summed E-state index contributed by atoms with van der Waals surface area (Å²) in [7, 11) is 1.68. The Morgan fingerprint density at radius 1 is 1.28 bits per heavy atom. The molecule has 0 aliphatic carbocycles. The summed E-state index contributed by atoms with van der Waals surface area (Å²) in [5.74, 6) is 2.74. The first-order chi connectivity index (χ1) is 12.2. The Balaban J connectivity index is 1.56. The first-order valence-corrected chi connectivity index (χ1v) is 8.58. The molecule has 0 radical (unpaired) electrons. The summed E-state index contributed by atoms with van der Waals surface area (Å²) >= 11 is 0. The fraction of sp³-hybridized carbons (Fsp3) is 0.368. The molecule has 2 aromatic heterocycles. The minimum atomic E-state index is 0.304. The van der Waals surface area contributed by atoms with Gasteiger partial charge in [0.2, 0.25) is 0 Å². The highest BCUT2D eigenvalue weighted by molar-refractivity contribution is 5.38. The van der Waals surface area contributed by atoms with E-state index in [1.54, 1.807) is 7.11 Å². The van der Waals surface area contributed by atoms with E-state index in [4.69, 9.17) is 9.26 Å². The van der Waals surface area contributed by atoms with Crippen LogP contribution in [0.4, 0.5) is 0 Å². The second-order valence-corrected chi connectivity index (χ2v) is 6.40. The van der Waals surface area contributed by atoms with Crippen LogP contribution in [0.2, 0.25) is 0 Å². The molecule has 1 aliphatic rings. The molecule has 6 heteroatoms. The Hall–Kier alpha value is -2.60. The summed E-state index contributed by atoms with van der Waals surface area (Å²) in [6, 6.07) is 10.4. The highest BCUT2D eigenvalue weighted by Crippen LogP contribution is 2.32. The van der Waals surface area contributed by atoms with Gasteiger partial charge in [-0.2, -0.15) is 0 Å². The van der Waals surface area contributed by atoms with Gasteiger partial charge in [0.25, 0.3) is 0 Å². The molecule has 0 saturated carbocycles. The maximum atomic E-state index is 5.27. The molecule has 1 fully saturated rings. The Bertz CT molecular complexity index is 837. The molecule has 0 unspecified atom stereocenters. The lowest BCUT2D eigenvalue weighted by Crippen LogP contribution is -2.24. The first kappa shape index (κ1) is 15.9. The van der Waals surface area contributed by atoms with Crippen molar-refractivity contribution in [1.29, 1.82) is 0 Å². The van der Waals surface area contributed by atoms with Crippen LogP contribution in [0.15, 0.2) is 47.2 Å². The topological polar surface area (TPSA) is 56.3 Å². The van der Waals surface area contributed by atoms with Crippen LogP contribution in [-0.4, -0.2) is 33.3 Å². The van der Waals surface area contributed by atoms with Crippen molar-refractivity contribution in [3.8, 4) is 11.4 Å². The molecule has 0 spiro atoms. The van der Waals surface area contributed by atoms with Crippen LogP contribution in [0.3, 0.4) is 0 Å². The monoisotopic (exact) mass is 338 g/mol. The van der Waals surface area contributed by atoms with Gasteiger partial charge in [0.15, 0.2) is 0 Å². The van der Waals surface area contributed by atoms with Crippen LogP contribution in [0.5, 0.6) is 5.75 Å². The van der Waals surface area contributed by atoms with E-state index in [2.05, 4.69) is 19.6 Å². The lowest BCUT2D eigenvalue weighted by Gasteiger charge is -2.22. The molecule has 0 bridgehead atoms. The van der Waals surface area contributed by atoms with E-state index >= 15 is 0 Å². The Morgan fingerprint density at radius 3 is 2.84 bits per heavy atom. The van der Waals surface area contributed by atoms with Crippen molar-refractivity contribution in [2.24, 2.45) is 0 Å². The number of aryl methyl sites for hydroxylation is 1. The van der Waals surface area contributed by atoms with Crippen molar-refractivity contribution in [3.05, 3.63) is 60.0 Å². The number of imidazole rings is 1. The lowest BCUT2D eigenvalue weighted by molar-refractivity contribution is 0.230. The van der Waals surface area contributed by atoms with Crippen LogP contribution < -0.4 is 4.74 Å². The number of likely N-dealkylation sites (tertiary alicyclic amines) is 1. The van der Waals surface area contributed by atoms with Crippen molar-refractivity contribution in [2.45, 2.75) is 32.4 Å². The third kappa shape index (κ3) is 3.17. The Labute approximate surface area is 147 Å². The number of benzene rings is 1. The molecule has 1 aromatic carbocycles. The maximum Gasteiger partial charge on any atom is 0.133 e. The van der Waals surface area contributed by atoms with Gasteiger partial charge in [0.05, 0.1) is 19.7 Å². The molecule has 0 N–H and O–H groups in total. The summed E-state index contributed by atoms with van der Waals surface area (Å²) in [4.78, 5) is 7.01. The maximum absolute atomic E-state index is 5.27. The predicted octanol–water partition coefficient (Wildman–Crippen LogP) is 3.51. The Morgan fingerprint density at radius 2 is 2.12 bits per heavy atom. The normalized spacial score (nSPS) is 17.9. The third-order valence-electron chi connectivity index (χ3n) is 4.76. The molecule has 6 nitrogen and oxygen atoms in total. The molecular formula is C19H22N4O2. The fourth-order valence-corrected chi connectivity index (χ4v) is 3.50. The summed E-state index contributed by atoms with van der Waals surface area (Å²) in [5.41, 5.74) is 2.11. The minimum absolute atomic E-state index is 0.304. The number of hydrogen-bond acceptors (Lipinski definition) is 5. The summed E-state index contributed by atoms with van der Waals surface area (Å²) in [5, 5.41) is 4.22. The van der Waals surface area contributed by atoms with Crippen molar-refractivity contribution in [3.63, 3.8) is 0 Å². The zero-order valence-corrected chi connectivity index (χ0v) is 14.6. The highest BCUT2D eigenvalue weighted by Gasteiger charge is 2.29. The quantitative estimate of drug-likeness (QED) is 0.712. The van der Waals surface area contributed by atoms with Crippen LogP contribution in [0.25, 0.3) is 5.69 Å². The average Bonchev–Trinajstić information content (AvgIpc) is 3.36. The Kier molecular flexibility index (Phi) is 4.28. The minimum Gasteiger partial charge on any atom is -0.497 e. The van der Waals surface area contributed by atoms with Gasteiger partial charge in [-0.1, -0.05) is 5.16 Å². The smallest absolute Gasteiger partial charge is 0.133 e. The number of aromatic nitrogens is 3. The zero-order valence-electron chi connectivity index (χ0n) is 14.6. The van der Waals surface area contributed by atoms with Gasteiger partial charge in [0, 0.05) is 24.1 Å². The van der Waals surface area contributed by atoms with Crippen LogP contribution in [-0.2, 0) is 6.54 Å². The molecule has 3 heterocycles. The largest absolute Gasteiger partial charge is 0.497 e. The van der Waals surface area contributed by atoms with Gasteiger partial charge in [-0.15, -0.1) is 0 Å². The van der Waals surface area contributed by atoms with Gasteiger partial charge in [0.1, 0.15) is 23.0 Å². The van der Waals surface area contributed by atoms with Crippen LogP contribution in [0, 0.1) is 6.92 Å². The number of rotatable bonds is 5. The fourth-order valence-electron chi connectivity index (χ4n) is 3.50. The van der Waals surface area contributed by atoms with Gasteiger partial charge in [-0.05, 0) is 50.6 Å². The molecule has 4 rings (SSSR count). The molecule has 130 valence electrons. The number of methoxy groups -OCH3 is 1. The van der Waals surface area contributed by atoms with Crippen molar-refractivity contribution < 1.29 is 9.26 Å². The summed E-state index contributed by atoms with van der Waals surface area (Å²) < 4.78 is 12.6. The van der Waals surface area contributed by atoms with E-state index in [1.165, 1.54) is 6.42 Å². The van der Waals surface area contributed by atoms with Gasteiger partial charge in [-0.25, -0.2) is 4.98 Å². The molecule has 1 aliphatic heterocycles. The summed E-state index contributed by atoms with van der Waals surface area (Å²) in [6.07, 6.45) is 6.13. The summed E-state index contributed by atoms with van der Waals surface area (Å²) in [6.45, 7) is 3.77. The zero-order chi connectivity index (χ0) is 17.2. The highest BCUT2D eigenvalue weighted by atomic mass is 16.5. The van der Waals surface area contributed by atoms with Gasteiger partial charge >= 0.3 is 0 Å². The second kappa shape index (κ2) is 6.72. The van der Waals surface area contributed by atoms with Crippen LogP contribution >= 0.6 is 0 Å². The predicted molar refractivity (Wildman–Crippen MR) is 93.7 cm³/mol. The van der Waals surface area contributed by atoms with E-state index in [9.17, 15) is 0 Å². The van der Waals surface area contributed by atoms with E-state index in [0.29, 0.717) is 6.04 Å². The lowest BCUT2D eigenvalue weighted by atomic mass is 10.1. The van der Waals surface area contributed by atoms with E-state index in [1.807, 2.05) is 49.6 Å². The molecule has 25 heavy (non-hydrogen) atoms. The first-order valence-electron chi connectivity index (χ1n) is 8.58. The molecule has 0 amide bonds. The van der Waals surface area contributed by atoms with Gasteiger partial charge in [-0.3, -0.25) is 4.90 Å². The average molecular weight is 338 g/mol. The number of hydrogen-bond donors (Lipinski definition) is 0. The SMILES string of the molecule is COc1ccc(-n2ccnc2CN2CCC[C@H]2c2cc(C)on2)cc1. The molecular weight excluding hydrogens is 316 g/mol. The standard InChI is InChI=1S/C19H22N4O2/c1-14-12-17(21-25-14)18-4-3-10-22(18)13-19-20-9-11-23(19)15-5-7-16(24-2)8-6-15/h5-9,11-12,18H,3-4,10,13H2,1-2H3/t18-/m0/s1. The van der Waals surface area contributed by atoms with Gasteiger partial charge < -0.3 is 13.8 Å². The van der Waals surface area contributed by atoms with Crippen molar-refractivity contribution in [2.75, 3.05) is 13.7 Å². The molecule has 1 atom stereocenters. The van der Waals surface area contributed by atoms with E-state index in [0.717, 1.165) is 48.2 Å². The molecule has 1 saturated heterocycles. The van der Waals surface area contributed by atoms with E-state index in [-0.39, 0.29) is 0 Å². The third-order valence-corrected chi connectivity index (χ3v) is 4.76. The number of ether oxygens (including phenoxy) is 1. The van der Waals surface area contributed by atoms with Crippen molar-refractivity contribution >= 4 is 0 Å². The van der Waals surface area contributed by atoms with Crippen molar-refractivity contribution in [1.82, 2.24) is 19.6 Å².